The summed E-state index contributed by atoms with van der Waals surface area (Å²) in [5.41, 5.74) is 0. The highest BCUT2D eigenvalue weighted by Gasteiger charge is 2.60. The van der Waals surface area contributed by atoms with E-state index in [1.807, 2.05) is 0 Å². The van der Waals surface area contributed by atoms with Gasteiger partial charge in [0.1, 0.15) is 5.78 Å². The molecule has 3 heteroatoms. The third-order valence-corrected chi connectivity index (χ3v) is 6.29. The van der Waals surface area contributed by atoms with E-state index in [0.29, 0.717) is 17.6 Å². The summed E-state index contributed by atoms with van der Waals surface area (Å²) in [6.07, 6.45) is 5.35. The minimum atomic E-state index is -0.0482. The van der Waals surface area contributed by atoms with E-state index in [0.717, 1.165) is 37.5 Å². The quantitative estimate of drug-likeness (QED) is 0.667. The number of ketones is 1. The Morgan fingerprint density at radius 3 is 2.17 bits per heavy atom. The average molecular weight is 248 g/mol. The lowest BCUT2D eigenvalue weighted by Crippen LogP contribution is -2.59. The minimum absolute atomic E-state index is 0.0482. The molecular formula is C15H20O3. The molecule has 7 atom stereocenters. The second-order valence-electron chi connectivity index (χ2n) is 6.87. The molecule has 0 saturated heterocycles. The zero-order valence-corrected chi connectivity index (χ0v) is 10.8. The summed E-state index contributed by atoms with van der Waals surface area (Å²) in [6, 6.07) is 0. The molecule has 0 aliphatic heterocycles. The third kappa shape index (κ3) is 1.25. The first-order valence-corrected chi connectivity index (χ1v) is 7.30. The van der Waals surface area contributed by atoms with Gasteiger partial charge >= 0.3 is 5.97 Å². The molecule has 0 spiro atoms. The van der Waals surface area contributed by atoms with Crippen LogP contribution in [0, 0.1) is 41.4 Å². The molecule has 5 fully saturated rings. The first-order chi connectivity index (χ1) is 8.69. The SMILES string of the molecule is COC(=O)C1C[C@@H]2C3CC4C[C@@H]2C(=O)[C@H](C4)[C@H]3C1. The van der Waals surface area contributed by atoms with Gasteiger partial charge in [0.25, 0.3) is 0 Å². The highest BCUT2D eigenvalue weighted by atomic mass is 16.5. The van der Waals surface area contributed by atoms with Crippen LogP contribution in [0.25, 0.3) is 0 Å². The Bertz CT molecular complexity index is 390. The molecule has 3 nitrogen and oxygen atoms in total. The average Bonchev–Trinajstić information content (AvgIpc) is 2.41. The molecule has 5 aliphatic carbocycles. The van der Waals surface area contributed by atoms with E-state index < -0.39 is 0 Å². The lowest BCUT2D eigenvalue weighted by molar-refractivity contribution is -0.172. The molecule has 18 heavy (non-hydrogen) atoms. The van der Waals surface area contributed by atoms with Crippen LogP contribution in [0.5, 0.6) is 0 Å². The zero-order chi connectivity index (χ0) is 12.4. The predicted molar refractivity (Wildman–Crippen MR) is 64.5 cm³/mol. The molecular weight excluding hydrogens is 228 g/mol. The third-order valence-electron chi connectivity index (χ3n) is 6.29. The largest absolute Gasteiger partial charge is 0.469 e. The standard InChI is InChI=1S/C15H20O3/c1-18-15(17)8-5-10-9-2-7-3-12(10)14(16)13(4-7)11(9)6-8/h7-13H,2-6H2,1H3/t7?,8?,9?,10-,11+,12+,13-. The first-order valence-electron chi connectivity index (χ1n) is 7.30. The molecule has 5 aliphatic rings. The van der Waals surface area contributed by atoms with Crippen LogP contribution in [-0.2, 0) is 14.3 Å². The van der Waals surface area contributed by atoms with Gasteiger partial charge in [0.15, 0.2) is 0 Å². The number of methoxy groups -OCH3 is 1. The van der Waals surface area contributed by atoms with Crippen molar-refractivity contribution >= 4 is 11.8 Å². The highest BCUT2D eigenvalue weighted by Crippen LogP contribution is 2.62. The van der Waals surface area contributed by atoms with E-state index in [1.165, 1.54) is 13.5 Å². The number of Topliss-reactive ketones (excluding diaryl/α,β-unsaturated/α-hetero) is 1. The fraction of sp³-hybridized carbons (Fsp3) is 0.867. The molecule has 98 valence electrons. The van der Waals surface area contributed by atoms with Gasteiger partial charge in [-0.2, -0.15) is 0 Å². The molecule has 5 saturated carbocycles. The lowest BCUT2D eigenvalue weighted by Gasteiger charge is -2.60. The van der Waals surface area contributed by atoms with E-state index in [-0.39, 0.29) is 23.7 Å². The summed E-state index contributed by atoms with van der Waals surface area (Å²) in [5, 5.41) is 0. The molecule has 6 bridgehead atoms. The van der Waals surface area contributed by atoms with Crippen molar-refractivity contribution in [2.45, 2.75) is 32.1 Å². The molecule has 0 amide bonds. The Balaban J connectivity index is 1.68. The summed E-state index contributed by atoms with van der Waals surface area (Å²) in [4.78, 5) is 24.2. The number of hydrogen-bond donors (Lipinski definition) is 0. The van der Waals surface area contributed by atoms with Gasteiger partial charge in [0, 0.05) is 11.8 Å². The molecule has 0 aromatic rings. The van der Waals surface area contributed by atoms with Crippen LogP contribution < -0.4 is 0 Å². The van der Waals surface area contributed by atoms with E-state index in [1.54, 1.807) is 0 Å². The van der Waals surface area contributed by atoms with Crippen LogP contribution in [0.15, 0.2) is 0 Å². The molecule has 3 unspecified atom stereocenters. The van der Waals surface area contributed by atoms with Gasteiger partial charge in [-0.05, 0) is 55.8 Å². The molecule has 0 aromatic heterocycles. The monoisotopic (exact) mass is 248 g/mol. The number of hydrogen-bond acceptors (Lipinski definition) is 3. The number of esters is 1. The maximum atomic E-state index is 12.4. The van der Waals surface area contributed by atoms with Gasteiger partial charge in [0.2, 0.25) is 0 Å². The minimum Gasteiger partial charge on any atom is -0.469 e. The lowest BCUT2D eigenvalue weighted by atomic mass is 9.43. The molecule has 0 N–H and O–H groups in total. The maximum absolute atomic E-state index is 12.4. The van der Waals surface area contributed by atoms with Crippen LogP contribution in [0.2, 0.25) is 0 Å². The van der Waals surface area contributed by atoms with Crippen molar-refractivity contribution in [2.75, 3.05) is 7.11 Å². The zero-order valence-electron chi connectivity index (χ0n) is 10.8. The Labute approximate surface area is 107 Å². The van der Waals surface area contributed by atoms with Crippen molar-refractivity contribution in [3.05, 3.63) is 0 Å². The van der Waals surface area contributed by atoms with E-state index in [4.69, 9.17) is 4.74 Å². The number of rotatable bonds is 1. The fourth-order valence-corrected chi connectivity index (χ4v) is 5.73. The molecule has 0 radical (unpaired) electrons. The van der Waals surface area contributed by atoms with Gasteiger partial charge in [0.05, 0.1) is 13.0 Å². The van der Waals surface area contributed by atoms with Crippen LogP contribution in [0.1, 0.15) is 32.1 Å². The smallest absolute Gasteiger partial charge is 0.308 e. The summed E-state index contributed by atoms with van der Waals surface area (Å²) < 4.78 is 4.93. The van der Waals surface area contributed by atoms with Crippen LogP contribution >= 0.6 is 0 Å². The van der Waals surface area contributed by atoms with Crippen molar-refractivity contribution in [1.82, 2.24) is 0 Å². The summed E-state index contributed by atoms with van der Waals surface area (Å²) in [6.45, 7) is 0. The second-order valence-corrected chi connectivity index (χ2v) is 6.87. The number of carbonyl (C=O) groups is 2. The van der Waals surface area contributed by atoms with Gasteiger partial charge < -0.3 is 4.74 Å². The Morgan fingerprint density at radius 2 is 1.61 bits per heavy atom. The van der Waals surface area contributed by atoms with Crippen molar-refractivity contribution in [1.29, 1.82) is 0 Å². The van der Waals surface area contributed by atoms with Crippen LogP contribution in [0.3, 0.4) is 0 Å². The summed E-state index contributed by atoms with van der Waals surface area (Å²) >= 11 is 0. The van der Waals surface area contributed by atoms with E-state index in [2.05, 4.69) is 0 Å². The van der Waals surface area contributed by atoms with E-state index >= 15 is 0 Å². The number of carbonyl (C=O) groups excluding carboxylic acids is 2. The molecule has 0 aromatic carbocycles. The predicted octanol–water partition coefficient (Wildman–Crippen LogP) is 2.05. The maximum Gasteiger partial charge on any atom is 0.308 e. The van der Waals surface area contributed by atoms with Gasteiger partial charge in [-0.15, -0.1) is 0 Å². The van der Waals surface area contributed by atoms with E-state index in [9.17, 15) is 9.59 Å². The van der Waals surface area contributed by atoms with Crippen molar-refractivity contribution in [3.63, 3.8) is 0 Å². The fourth-order valence-electron chi connectivity index (χ4n) is 5.73. The van der Waals surface area contributed by atoms with Crippen molar-refractivity contribution in [2.24, 2.45) is 41.4 Å². The number of ether oxygens (including phenoxy) is 1. The van der Waals surface area contributed by atoms with Gasteiger partial charge in [-0.25, -0.2) is 0 Å². The molecule has 5 rings (SSSR count). The van der Waals surface area contributed by atoms with Crippen molar-refractivity contribution < 1.29 is 14.3 Å². The van der Waals surface area contributed by atoms with Gasteiger partial charge in [-0.3, -0.25) is 9.59 Å². The normalized spacial score (nSPS) is 52.5. The van der Waals surface area contributed by atoms with Crippen LogP contribution in [-0.4, -0.2) is 18.9 Å². The Morgan fingerprint density at radius 1 is 1.00 bits per heavy atom. The summed E-state index contributed by atoms with van der Waals surface area (Å²) in [7, 11) is 1.48. The summed E-state index contributed by atoms with van der Waals surface area (Å²) in [5.74, 6) is 3.67. The molecule has 0 heterocycles. The highest BCUT2D eigenvalue weighted by molar-refractivity contribution is 5.87. The Hall–Kier alpha value is -0.860. The van der Waals surface area contributed by atoms with Crippen LogP contribution in [0.4, 0.5) is 0 Å². The first kappa shape index (κ1) is 11.0. The van der Waals surface area contributed by atoms with Crippen molar-refractivity contribution in [3.8, 4) is 0 Å². The Kier molecular flexibility index (Phi) is 2.19. The topological polar surface area (TPSA) is 43.4 Å². The van der Waals surface area contributed by atoms with Gasteiger partial charge in [-0.1, -0.05) is 0 Å². The second kappa shape index (κ2) is 3.58.